The number of ether oxygens (including phenoxy) is 2. The van der Waals surface area contributed by atoms with Gasteiger partial charge in [0.1, 0.15) is 18.0 Å². The van der Waals surface area contributed by atoms with E-state index in [0.717, 1.165) is 24.8 Å². The zero-order valence-electron chi connectivity index (χ0n) is 18.7. The van der Waals surface area contributed by atoms with E-state index >= 15 is 0 Å². The lowest BCUT2D eigenvalue weighted by Crippen LogP contribution is -2.36. The topological polar surface area (TPSA) is 93.7 Å². The SMILES string of the molecule is O=C(COC(=O)CNC(=O)c1ccc(Oc2ccccc2)cc1)N[C@H]1CCCc2ccccc21. The lowest BCUT2D eigenvalue weighted by Gasteiger charge is -2.26. The van der Waals surface area contributed by atoms with Crippen LogP contribution in [0.15, 0.2) is 78.9 Å². The number of nitrogens with one attached hydrogen (secondary N) is 2. The molecule has 0 saturated heterocycles. The number of esters is 1. The monoisotopic (exact) mass is 458 g/mol. The maximum Gasteiger partial charge on any atom is 0.325 e. The van der Waals surface area contributed by atoms with Crippen LogP contribution in [0.2, 0.25) is 0 Å². The van der Waals surface area contributed by atoms with Crippen molar-refractivity contribution in [2.45, 2.75) is 25.3 Å². The average molecular weight is 459 g/mol. The molecule has 7 heteroatoms. The summed E-state index contributed by atoms with van der Waals surface area (Å²) in [6.45, 7) is -0.723. The maximum absolute atomic E-state index is 12.3. The quantitative estimate of drug-likeness (QED) is 0.499. The Hall–Kier alpha value is -4.13. The number of fused-ring (bicyclic) bond motifs is 1. The van der Waals surface area contributed by atoms with Crippen molar-refractivity contribution in [1.82, 2.24) is 10.6 Å². The number of carbonyl (C=O) groups is 3. The molecule has 0 spiro atoms. The summed E-state index contributed by atoms with van der Waals surface area (Å²) in [7, 11) is 0. The van der Waals surface area contributed by atoms with Crippen LogP contribution in [-0.4, -0.2) is 30.9 Å². The molecule has 3 aromatic rings. The molecule has 4 rings (SSSR count). The summed E-state index contributed by atoms with van der Waals surface area (Å²) >= 11 is 0. The number of amides is 2. The highest BCUT2D eigenvalue weighted by Gasteiger charge is 2.21. The number of carbonyl (C=O) groups excluding carboxylic acids is 3. The molecule has 0 fully saturated rings. The molecule has 0 aliphatic heterocycles. The largest absolute Gasteiger partial charge is 0.457 e. The van der Waals surface area contributed by atoms with Crippen molar-refractivity contribution in [1.29, 1.82) is 0 Å². The van der Waals surface area contributed by atoms with Gasteiger partial charge >= 0.3 is 5.97 Å². The first-order valence-corrected chi connectivity index (χ1v) is 11.2. The van der Waals surface area contributed by atoms with Gasteiger partial charge in [-0.25, -0.2) is 0 Å². The molecule has 7 nitrogen and oxygen atoms in total. The highest BCUT2D eigenvalue weighted by atomic mass is 16.5. The van der Waals surface area contributed by atoms with Crippen LogP contribution in [0.5, 0.6) is 11.5 Å². The van der Waals surface area contributed by atoms with E-state index in [9.17, 15) is 14.4 Å². The number of rotatable bonds is 8. The predicted molar refractivity (Wildman–Crippen MR) is 127 cm³/mol. The number of benzene rings is 3. The fraction of sp³-hybridized carbons (Fsp3) is 0.222. The zero-order valence-corrected chi connectivity index (χ0v) is 18.7. The van der Waals surface area contributed by atoms with Gasteiger partial charge in [0.25, 0.3) is 11.8 Å². The van der Waals surface area contributed by atoms with E-state index in [1.54, 1.807) is 24.3 Å². The number of para-hydroxylation sites is 1. The third kappa shape index (κ3) is 6.22. The third-order valence-electron chi connectivity index (χ3n) is 5.56. The molecule has 0 aromatic heterocycles. The molecule has 3 aromatic carbocycles. The Kier molecular flexibility index (Phi) is 7.55. The molecular formula is C27H26N2O5. The van der Waals surface area contributed by atoms with Crippen molar-refractivity contribution >= 4 is 17.8 Å². The van der Waals surface area contributed by atoms with Crippen LogP contribution in [0.3, 0.4) is 0 Å². The van der Waals surface area contributed by atoms with Crippen molar-refractivity contribution in [3.05, 3.63) is 95.6 Å². The van der Waals surface area contributed by atoms with E-state index < -0.39 is 11.9 Å². The van der Waals surface area contributed by atoms with Crippen molar-refractivity contribution in [3.63, 3.8) is 0 Å². The van der Waals surface area contributed by atoms with E-state index in [1.165, 1.54) is 5.56 Å². The minimum atomic E-state index is -0.684. The van der Waals surface area contributed by atoms with Gasteiger partial charge in [0, 0.05) is 5.56 Å². The predicted octanol–water partition coefficient (Wildman–Crippen LogP) is 3.95. The third-order valence-corrected chi connectivity index (χ3v) is 5.56. The fourth-order valence-corrected chi connectivity index (χ4v) is 3.89. The van der Waals surface area contributed by atoms with Gasteiger partial charge in [0.2, 0.25) is 0 Å². The van der Waals surface area contributed by atoms with Gasteiger partial charge in [-0.05, 0) is 66.8 Å². The highest BCUT2D eigenvalue weighted by molar-refractivity contribution is 5.96. The Balaban J connectivity index is 1.19. The minimum absolute atomic E-state index is 0.0790. The van der Waals surface area contributed by atoms with E-state index in [1.807, 2.05) is 48.5 Å². The molecule has 0 unspecified atom stereocenters. The summed E-state index contributed by atoms with van der Waals surface area (Å²) < 4.78 is 10.7. The van der Waals surface area contributed by atoms with Gasteiger partial charge in [-0.3, -0.25) is 14.4 Å². The van der Waals surface area contributed by atoms with Gasteiger partial charge < -0.3 is 20.1 Å². The first-order chi connectivity index (χ1) is 16.6. The summed E-state index contributed by atoms with van der Waals surface area (Å²) in [6.07, 6.45) is 2.84. The Bertz CT molecular complexity index is 1150. The number of hydrogen-bond donors (Lipinski definition) is 2. The summed E-state index contributed by atoms with van der Waals surface area (Å²) in [5.74, 6) is -0.189. The van der Waals surface area contributed by atoms with Gasteiger partial charge in [0.15, 0.2) is 6.61 Å². The second kappa shape index (κ2) is 11.1. The second-order valence-electron chi connectivity index (χ2n) is 7.99. The molecule has 0 saturated carbocycles. The van der Waals surface area contributed by atoms with Crippen molar-refractivity contribution in [3.8, 4) is 11.5 Å². The fourth-order valence-electron chi connectivity index (χ4n) is 3.89. The van der Waals surface area contributed by atoms with E-state index in [-0.39, 0.29) is 25.1 Å². The van der Waals surface area contributed by atoms with Crippen molar-refractivity contribution in [2.75, 3.05) is 13.2 Å². The molecule has 1 aliphatic rings. The van der Waals surface area contributed by atoms with E-state index in [4.69, 9.17) is 9.47 Å². The molecule has 1 atom stereocenters. The van der Waals surface area contributed by atoms with Gasteiger partial charge in [-0.1, -0.05) is 42.5 Å². The van der Waals surface area contributed by atoms with Crippen LogP contribution in [-0.2, 0) is 20.7 Å². The van der Waals surface area contributed by atoms with Crippen LogP contribution in [0.1, 0.15) is 40.4 Å². The molecular weight excluding hydrogens is 432 g/mol. The van der Waals surface area contributed by atoms with Crippen LogP contribution < -0.4 is 15.4 Å². The van der Waals surface area contributed by atoms with E-state index in [2.05, 4.69) is 16.7 Å². The lowest BCUT2D eigenvalue weighted by atomic mass is 9.88. The van der Waals surface area contributed by atoms with Gasteiger partial charge in [0.05, 0.1) is 6.04 Å². The standard InChI is InChI=1S/C27H26N2O5/c30-25(29-24-12-6-8-19-7-4-5-11-23(19)24)18-33-26(31)17-28-27(32)20-13-15-22(16-14-20)34-21-9-2-1-3-10-21/h1-5,7,9-11,13-16,24H,6,8,12,17-18H2,(H,28,32)(H,29,30)/t24-/m0/s1. The summed E-state index contributed by atoms with van der Waals surface area (Å²) in [5, 5.41) is 5.43. The summed E-state index contributed by atoms with van der Waals surface area (Å²) in [4.78, 5) is 36.6. The second-order valence-corrected chi connectivity index (χ2v) is 7.99. The van der Waals surface area contributed by atoms with Crippen molar-refractivity contribution in [2.24, 2.45) is 0 Å². The van der Waals surface area contributed by atoms with Crippen LogP contribution in [0, 0.1) is 0 Å². The molecule has 0 radical (unpaired) electrons. The average Bonchev–Trinajstić information content (AvgIpc) is 2.87. The van der Waals surface area contributed by atoms with E-state index in [0.29, 0.717) is 17.1 Å². The highest BCUT2D eigenvalue weighted by Crippen LogP contribution is 2.29. The molecule has 174 valence electrons. The molecule has 34 heavy (non-hydrogen) atoms. The molecule has 0 bridgehead atoms. The minimum Gasteiger partial charge on any atom is -0.457 e. The van der Waals surface area contributed by atoms with Gasteiger partial charge in [-0.15, -0.1) is 0 Å². The Morgan fingerprint density at radius 2 is 1.56 bits per heavy atom. The number of hydrogen-bond acceptors (Lipinski definition) is 5. The first kappa shape index (κ1) is 23.0. The van der Waals surface area contributed by atoms with Crippen LogP contribution in [0.4, 0.5) is 0 Å². The smallest absolute Gasteiger partial charge is 0.325 e. The first-order valence-electron chi connectivity index (χ1n) is 11.2. The summed E-state index contributed by atoms with van der Waals surface area (Å²) in [6, 6.07) is 23.8. The van der Waals surface area contributed by atoms with Crippen LogP contribution >= 0.6 is 0 Å². The Labute approximate surface area is 198 Å². The summed E-state index contributed by atoms with van der Waals surface area (Å²) in [5.41, 5.74) is 2.72. The molecule has 0 heterocycles. The van der Waals surface area contributed by atoms with Crippen LogP contribution in [0.25, 0.3) is 0 Å². The Morgan fingerprint density at radius 3 is 2.35 bits per heavy atom. The normalized spacial score (nSPS) is 14.4. The molecule has 2 N–H and O–H groups in total. The lowest BCUT2D eigenvalue weighted by molar-refractivity contribution is -0.147. The van der Waals surface area contributed by atoms with Gasteiger partial charge in [-0.2, -0.15) is 0 Å². The zero-order chi connectivity index (χ0) is 23.8. The maximum atomic E-state index is 12.3. The Morgan fingerprint density at radius 1 is 0.853 bits per heavy atom. The molecule has 1 aliphatic carbocycles. The molecule has 2 amide bonds. The number of aryl methyl sites for hydroxylation is 1. The van der Waals surface area contributed by atoms with Crippen molar-refractivity contribution < 1.29 is 23.9 Å².